The van der Waals surface area contributed by atoms with E-state index in [-0.39, 0.29) is 0 Å². The van der Waals surface area contributed by atoms with Gasteiger partial charge in [0.1, 0.15) is 0 Å². The van der Waals surface area contributed by atoms with Crippen LogP contribution in [0.1, 0.15) is 25.3 Å². The first-order valence-corrected chi connectivity index (χ1v) is 9.63. The molecule has 0 bridgehead atoms. The maximum atomic E-state index is 9.77. The number of nitrogens with one attached hydrogen (secondary N) is 1. The third-order valence-corrected chi connectivity index (χ3v) is 4.84. The number of carboxylic acid groups (broad SMARTS) is 2. The number of rotatable bonds is 8. The molecular weight excluding hydrogens is 411 g/mol. The molecular formula is C18H26Cl2N2O6. The van der Waals surface area contributed by atoms with Gasteiger partial charge in [-0.15, -0.1) is 0 Å². The van der Waals surface area contributed by atoms with Crippen LogP contribution in [0.15, 0.2) is 18.2 Å². The molecule has 1 aromatic carbocycles. The van der Waals surface area contributed by atoms with Crippen LogP contribution in [0.3, 0.4) is 0 Å². The van der Waals surface area contributed by atoms with Crippen molar-refractivity contribution in [2.45, 2.75) is 44.6 Å². The van der Waals surface area contributed by atoms with Crippen LogP contribution >= 0.6 is 23.2 Å². The highest BCUT2D eigenvalue weighted by Gasteiger charge is 2.29. The third-order valence-electron chi connectivity index (χ3n) is 4.26. The fourth-order valence-electron chi connectivity index (χ4n) is 2.77. The summed E-state index contributed by atoms with van der Waals surface area (Å²) in [4.78, 5) is 22.1. The van der Waals surface area contributed by atoms with Crippen molar-refractivity contribution < 1.29 is 30.0 Å². The van der Waals surface area contributed by atoms with Crippen molar-refractivity contribution in [3.8, 4) is 0 Å². The second-order valence-electron chi connectivity index (χ2n) is 6.42. The summed E-state index contributed by atoms with van der Waals surface area (Å²) in [6.07, 6.45) is -2.14. The van der Waals surface area contributed by atoms with Crippen LogP contribution in [-0.2, 0) is 16.1 Å². The maximum absolute atomic E-state index is 9.77. The van der Waals surface area contributed by atoms with E-state index in [1.54, 1.807) is 0 Å². The van der Waals surface area contributed by atoms with E-state index in [9.17, 15) is 9.59 Å². The van der Waals surface area contributed by atoms with Gasteiger partial charge in [-0.05, 0) is 43.6 Å². The number of carboxylic acids is 2. The number of aliphatic hydroxyl groups excluding tert-OH is 2. The van der Waals surface area contributed by atoms with Gasteiger partial charge in [-0.2, -0.15) is 0 Å². The molecule has 28 heavy (non-hydrogen) atoms. The van der Waals surface area contributed by atoms with Crippen molar-refractivity contribution in [2.75, 3.05) is 19.6 Å². The molecule has 1 fully saturated rings. The number of benzene rings is 1. The number of nitrogens with zero attached hydrogens (tertiary/aromatic N) is 1. The van der Waals surface area contributed by atoms with Gasteiger partial charge in [0.25, 0.3) is 0 Å². The molecule has 1 aliphatic rings. The van der Waals surface area contributed by atoms with Crippen LogP contribution < -0.4 is 5.32 Å². The minimum Gasteiger partial charge on any atom is -0.479 e. The van der Waals surface area contributed by atoms with E-state index < -0.39 is 24.1 Å². The standard InChI is InChI=1S/C14H20Cl2N2.C4H6O6/c1-2-7-18(13-5-6-17-9-13)10-11-3-4-12(15)8-14(11)16;5-1(3(7)8)2(6)4(9)10/h3-4,8,13,17H,2,5-7,9-10H2,1H3;1-2,5-6H,(H,7,8)(H,9,10)/t13-;1-,2-/m01/s1. The molecule has 2 rings (SSSR count). The van der Waals surface area contributed by atoms with E-state index in [1.807, 2.05) is 18.2 Å². The number of hydrogen-bond acceptors (Lipinski definition) is 6. The number of carbonyl (C=O) groups is 2. The van der Waals surface area contributed by atoms with Gasteiger partial charge in [-0.3, -0.25) is 4.90 Å². The number of aliphatic carboxylic acids is 2. The highest BCUT2D eigenvalue weighted by atomic mass is 35.5. The molecule has 1 heterocycles. The highest BCUT2D eigenvalue weighted by Crippen LogP contribution is 2.23. The molecule has 0 saturated carbocycles. The fraction of sp³-hybridized carbons (Fsp3) is 0.556. The molecule has 3 atom stereocenters. The molecule has 5 N–H and O–H groups in total. The second kappa shape index (κ2) is 12.2. The van der Waals surface area contributed by atoms with E-state index in [0.29, 0.717) is 11.1 Å². The van der Waals surface area contributed by atoms with Crippen molar-refractivity contribution >= 4 is 35.1 Å². The van der Waals surface area contributed by atoms with Crippen LogP contribution in [0.2, 0.25) is 10.0 Å². The summed E-state index contributed by atoms with van der Waals surface area (Å²) in [5, 5.41) is 37.4. The molecule has 0 aliphatic carbocycles. The third kappa shape index (κ3) is 7.90. The van der Waals surface area contributed by atoms with Crippen molar-refractivity contribution in [3.63, 3.8) is 0 Å². The number of hydrogen-bond donors (Lipinski definition) is 5. The fourth-order valence-corrected chi connectivity index (χ4v) is 3.24. The molecule has 0 spiro atoms. The van der Waals surface area contributed by atoms with Gasteiger partial charge in [0.15, 0.2) is 12.2 Å². The zero-order valence-electron chi connectivity index (χ0n) is 15.5. The number of halogens is 2. The van der Waals surface area contributed by atoms with Gasteiger partial charge in [0.2, 0.25) is 0 Å². The van der Waals surface area contributed by atoms with E-state index in [2.05, 4.69) is 17.1 Å². The van der Waals surface area contributed by atoms with E-state index in [1.165, 1.54) is 18.4 Å². The Morgan fingerprint density at radius 3 is 2.25 bits per heavy atom. The monoisotopic (exact) mass is 436 g/mol. The normalized spacial score (nSPS) is 18.3. The molecule has 8 nitrogen and oxygen atoms in total. The van der Waals surface area contributed by atoms with Crippen molar-refractivity contribution in [2.24, 2.45) is 0 Å². The Balaban J connectivity index is 0.000000336. The Bertz CT molecular complexity index is 637. The lowest BCUT2D eigenvalue weighted by Gasteiger charge is -2.28. The van der Waals surface area contributed by atoms with Crippen molar-refractivity contribution in [1.29, 1.82) is 0 Å². The largest absolute Gasteiger partial charge is 0.479 e. The molecule has 0 aromatic heterocycles. The summed E-state index contributed by atoms with van der Waals surface area (Å²) in [5.41, 5.74) is 1.17. The molecule has 1 aromatic rings. The van der Waals surface area contributed by atoms with Crippen LogP contribution in [0.25, 0.3) is 0 Å². The molecule has 0 unspecified atom stereocenters. The number of aliphatic hydroxyl groups is 2. The molecule has 0 amide bonds. The second-order valence-corrected chi connectivity index (χ2v) is 7.26. The average molecular weight is 437 g/mol. The van der Waals surface area contributed by atoms with E-state index >= 15 is 0 Å². The smallest absolute Gasteiger partial charge is 0.335 e. The topological polar surface area (TPSA) is 130 Å². The Hall–Kier alpha value is -1.42. The van der Waals surface area contributed by atoms with Gasteiger partial charge in [-0.1, -0.05) is 36.2 Å². The summed E-state index contributed by atoms with van der Waals surface area (Å²) < 4.78 is 0. The van der Waals surface area contributed by atoms with Crippen LogP contribution in [-0.4, -0.2) is 75.1 Å². The summed E-state index contributed by atoms with van der Waals surface area (Å²) in [5.74, 6) is -3.54. The molecule has 0 radical (unpaired) electrons. The van der Waals surface area contributed by atoms with E-state index in [4.69, 9.17) is 43.6 Å². The zero-order valence-corrected chi connectivity index (χ0v) is 17.0. The predicted octanol–water partition coefficient (Wildman–Crippen LogP) is 1.44. The summed E-state index contributed by atoms with van der Waals surface area (Å²) >= 11 is 12.2. The van der Waals surface area contributed by atoms with Crippen molar-refractivity contribution in [3.05, 3.63) is 33.8 Å². The lowest BCUT2D eigenvalue weighted by Crippen LogP contribution is -2.39. The van der Waals surface area contributed by atoms with Gasteiger partial charge in [-0.25, -0.2) is 9.59 Å². The van der Waals surface area contributed by atoms with Crippen LogP contribution in [0, 0.1) is 0 Å². The Morgan fingerprint density at radius 1 is 1.21 bits per heavy atom. The Morgan fingerprint density at radius 2 is 1.82 bits per heavy atom. The van der Waals surface area contributed by atoms with Gasteiger partial charge in [0, 0.05) is 29.2 Å². The van der Waals surface area contributed by atoms with Crippen LogP contribution in [0.4, 0.5) is 0 Å². The first-order valence-electron chi connectivity index (χ1n) is 8.87. The minimum absolute atomic E-state index is 0.636. The van der Waals surface area contributed by atoms with E-state index in [0.717, 1.165) is 31.2 Å². The average Bonchev–Trinajstić information content (AvgIpc) is 3.17. The lowest BCUT2D eigenvalue weighted by atomic mass is 10.1. The zero-order chi connectivity index (χ0) is 21.3. The SMILES string of the molecule is CCCN(Cc1ccc(Cl)cc1Cl)[C@H]1CCNC1.O=C(O)[C@H](O)[C@@H](O)C(=O)O. The quantitative estimate of drug-likeness (QED) is 0.413. The summed E-state index contributed by atoms with van der Waals surface area (Å²) in [6.45, 7) is 6.46. The minimum atomic E-state index is -2.27. The first-order chi connectivity index (χ1) is 13.2. The molecule has 1 saturated heterocycles. The summed E-state index contributed by atoms with van der Waals surface area (Å²) in [6, 6.07) is 6.42. The maximum Gasteiger partial charge on any atom is 0.335 e. The van der Waals surface area contributed by atoms with Gasteiger partial charge >= 0.3 is 11.9 Å². The molecule has 10 heteroatoms. The van der Waals surface area contributed by atoms with Crippen LogP contribution in [0.5, 0.6) is 0 Å². The first kappa shape index (κ1) is 24.6. The predicted molar refractivity (Wildman–Crippen MR) is 106 cm³/mol. The Labute approximate surface area is 173 Å². The molecule has 158 valence electrons. The van der Waals surface area contributed by atoms with Gasteiger partial charge < -0.3 is 25.7 Å². The Kier molecular flexibility index (Phi) is 10.7. The van der Waals surface area contributed by atoms with Gasteiger partial charge in [0.05, 0.1) is 0 Å². The lowest BCUT2D eigenvalue weighted by molar-refractivity contribution is -0.165. The molecule has 1 aliphatic heterocycles. The summed E-state index contributed by atoms with van der Waals surface area (Å²) in [7, 11) is 0. The highest BCUT2D eigenvalue weighted by molar-refractivity contribution is 6.35. The van der Waals surface area contributed by atoms with Crippen molar-refractivity contribution in [1.82, 2.24) is 10.2 Å².